The van der Waals surface area contributed by atoms with Crippen LogP contribution in [0.25, 0.3) is 0 Å². The summed E-state index contributed by atoms with van der Waals surface area (Å²) in [6.45, 7) is 1.63. The summed E-state index contributed by atoms with van der Waals surface area (Å²) in [7, 11) is 0. The average molecular weight is 256 g/mol. The van der Waals surface area contributed by atoms with Crippen LogP contribution in [0, 0.1) is 6.92 Å². The summed E-state index contributed by atoms with van der Waals surface area (Å²) in [6.07, 6.45) is 0. The first-order valence-corrected chi connectivity index (χ1v) is 5.43. The van der Waals surface area contributed by atoms with Gasteiger partial charge in [0.2, 0.25) is 11.8 Å². The highest BCUT2D eigenvalue weighted by Crippen LogP contribution is 2.22. The Bertz CT molecular complexity index is 435. The maximum atomic E-state index is 11.5. The zero-order valence-corrected chi connectivity index (χ0v) is 10.2. The van der Waals surface area contributed by atoms with Gasteiger partial charge in [0.25, 0.3) is 0 Å². The van der Waals surface area contributed by atoms with Crippen molar-refractivity contribution in [1.29, 1.82) is 0 Å². The molecule has 0 aliphatic carbocycles. The van der Waals surface area contributed by atoms with E-state index in [1.54, 1.807) is 12.1 Å². The molecule has 2 amide bonds. The molecule has 17 heavy (non-hydrogen) atoms. The summed E-state index contributed by atoms with van der Waals surface area (Å²) in [5, 5.41) is 5.42. The number of carbonyl (C=O) groups is 2. The van der Waals surface area contributed by atoms with Crippen LogP contribution in [-0.4, -0.2) is 24.9 Å². The van der Waals surface area contributed by atoms with Gasteiger partial charge in [-0.15, -0.1) is 0 Å². The molecule has 0 spiro atoms. The molecule has 0 radical (unpaired) electrons. The molecule has 0 heterocycles. The average Bonchev–Trinajstić information content (AvgIpc) is 2.30. The highest BCUT2D eigenvalue weighted by Gasteiger charge is 2.07. The highest BCUT2D eigenvalue weighted by atomic mass is 35.5. The van der Waals surface area contributed by atoms with Gasteiger partial charge >= 0.3 is 0 Å². The molecule has 0 unspecified atom stereocenters. The van der Waals surface area contributed by atoms with Gasteiger partial charge in [0.05, 0.1) is 23.8 Å². The summed E-state index contributed by atoms with van der Waals surface area (Å²) in [5.74, 6) is -0.727. The number of benzene rings is 1. The van der Waals surface area contributed by atoms with Crippen molar-refractivity contribution >= 4 is 29.1 Å². The quantitative estimate of drug-likeness (QED) is 0.739. The van der Waals surface area contributed by atoms with Crippen molar-refractivity contribution < 1.29 is 9.59 Å². The van der Waals surface area contributed by atoms with Gasteiger partial charge in [-0.3, -0.25) is 9.59 Å². The number of halogens is 1. The van der Waals surface area contributed by atoms with Crippen LogP contribution in [0.4, 0.5) is 5.69 Å². The molecule has 0 aromatic heterocycles. The molecule has 1 rings (SSSR count). The van der Waals surface area contributed by atoms with Crippen LogP contribution >= 0.6 is 11.6 Å². The minimum absolute atomic E-state index is 0.125. The normalized spacial score (nSPS) is 9.82. The summed E-state index contributed by atoms with van der Waals surface area (Å²) in [5.41, 5.74) is 6.60. The first kappa shape index (κ1) is 13.5. The summed E-state index contributed by atoms with van der Waals surface area (Å²) >= 11 is 5.91. The topological polar surface area (TPSA) is 84.2 Å². The van der Waals surface area contributed by atoms with E-state index in [0.717, 1.165) is 5.56 Å². The summed E-state index contributed by atoms with van der Waals surface area (Å²) < 4.78 is 0. The van der Waals surface area contributed by atoms with Gasteiger partial charge < -0.3 is 16.4 Å². The van der Waals surface area contributed by atoms with E-state index in [2.05, 4.69) is 10.6 Å². The molecule has 5 nitrogen and oxygen atoms in total. The van der Waals surface area contributed by atoms with E-state index in [0.29, 0.717) is 10.7 Å². The summed E-state index contributed by atoms with van der Waals surface area (Å²) in [6, 6.07) is 5.30. The molecule has 0 saturated heterocycles. The van der Waals surface area contributed by atoms with Crippen molar-refractivity contribution in [2.75, 3.05) is 18.4 Å². The third-order valence-corrected chi connectivity index (χ3v) is 2.36. The number of nitrogens with one attached hydrogen (secondary N) is 2. The lowest BCUT2D eigenvalue weighted by molar-refractivity contribution is -0.123. The van der Waals surface area contributed by atoms with Crippen molar-refractivity contribution in [3.8, 4) is 0 Å². The fraction of sp³-hybridized carbons (Fsp3) is 0.273. The monoisotopic (exact) mass is 255 g/mol. The second kappa shape index (κ2) is 6.22. The van der Waals surface area contributed by atoms with Crippen molar-refractivity contribution in [3.63, 3.8) is 0 Å². The van der Waals surface area contributed by atoms with Gasteiger partial charge in [-0.2, -0.15) is 0 Å². The lowest BCUT2D eigenvalue weighted by atomic mass is 10.2. The first-order valence-electron chi connectivity index (χ1n) is 5.05. The second-order valence-corrected chi connectivity index (χ2v) is 3.92. The molecule has 0 saturated carbocycles. The Labute approximate surface area is 104 Å². The number of carbonyl (C=O) groups excluding carboxylic acids is 2. The van der Waals surface area contributed by atoms with E-state index >= 15 is 0 Å². The van der Waals surface area contributed by atoms with E-state index in [-0.39, 0.29) is 24.9 Å². The molecule has 4 N–H and O–H groups in total. The Balaban J connectivity index is 2.56. The van der Waals surface area contributed by atoms with E-state index < -0.39 is 0 Å². The number of amides is 2. The highest BCUT2D eigenvalue weighted by molar-refractivity contribution is 6.33. The van der Waals surface area contributed by atoms with Gasteiger partial charge in [-0.25, -0.2) is 0 Å². The van der Waals surface area contributed by atoms with E-state index in [9.17, 15) is 9.59 Å². The lowest BCUT2D eigenvalue weighted by Crippen LogP contribution is -2.36. The molecule has 92 valence electrons. The van der Waals surface area contributed by atoms with Crippen molar-refractivity contribution in [2.24, 2.45) is 5.73 Å². The smallest absolute Gasteiger partial charge is 0.243 e. The predicted octanol–water partition coefficient (Wildman–Crippen LogP) is 0.662. The zero-order valence-electron chi connectivity index (χ0n) is 9.42. The molecule has 1 aromatic rings. The number of hydrogen-bond donors (Lipinski definition) is 3. The third kappa shape index (κ3) is 4.42. The molecule has 0 atom stereocenters. The third-order valence-electron chi connectivity index (χ3n) is 2.03. The van der Waals surface area contributed by atoms with Crippen molar-refractivity contribution in [1.82, 2.24) is 5.32 Å². The minimum atomic E-state index is -0.379. The lowest BCUT2D eigenvalue weighted by Gasteiger charge is -2.08. The van der Waals surface area contributed by atoms with E-state index in [4.69, 9.17) is 17.3 Å². The fourth-order valence-electron chi connectivity index (χ4n) is 1.18. The van der Waals surface area contributed by atoms with Crippen molar-refractivity contribution in [2.45, 2.75) is 6.92 Å². The van der Waals surface area contributed by atoms with Crippen LogP contribution in [0.1, 0.15) is 5.56 Å². The molecule has 6 heteroatoms. The SMILES string of the molecule is Cc1ccc(Cl)c(NC(=O)CNC(=O)CN)c1. The van der Waals surface area contributed by atoms with Crippen LogP contribution in [0.15, 0.2) is 18.2 Å². The van der Waals surface area contributed by atoms with E-state index in [1.807, 2.05) is 13.0 Å². The standard InChI is InChI=1S/C11H14ClN3O2/c1-7-2-3-8(12)9(4-7)15-11(17)6-14-10(16)5-13/h2-4H,5-6,13H2,1H3,(H,14,16)(H,15,17). The summed E-state index contributed by atoms with van der Waals surface area (Å²) in [4.78, 5) is 22.3. The largest absolute Gasteiger partial charge is 0.346 e. The second-order valence-electron chi connectivity index (χ2n) is 3.51. The Morgan fingerprint density at radius 3 is 2.71 bits per heavy atom. The molecular formula is C11H14ClN3O2. The minimum Gasteiger partial charge on any atom is -0.346 e. The van der Waals surface area contributed by atoms with Crippen molar-refractivity contribution in [3.05, 3.63) is 28.8 Å². The number of nitrogens with two attached hydrogens (primary N) is 1. The molecule has 0 aliphatic rings. The van der Waals surface area contributed by atoms with Crippen LogP contribution in [-0.2, 0) is 9.59 Å². The maximum absolute atomic E-state index is 11.5. The number of rotatable bonds is 4. The van der Waals surface area contributed by atoms with Gasteiger partial charge in [0.15, 0.2) is 0 Å². The molecular weight excluding hydrogens is 242 g/mol. The number of hydrogen-bond acceptors (Lipinski definition) is 3. The molecule has 1 aromatic carbocycles. The number of aryl methyl sites for hydroxylation is 1. The van der Waals surface area contributed by atoms with Crippen LogP contribution in [0.3, 0.4) is 0 Å². The Kier molecular flexibility index (Phi) is 4.93. The van der Waals surface area contributed by atoms with Gasteiger partial charge in [0, 0.05) is 0 Å². The Hall–Kier alpha value is -1.59. The number of anilines is 1. The predicted molar refractivity (Wildman–Crippen MR) is 66.9 cm³/mol. The van der Waals surface area contributed by atoms with Crippen LogP contribution in [0.2, 0.25) is 5.02 Å². The van der Waals surface area contributed by atoms with Gasteiger partial charge in [-0.05, 0) is 24.6 Å². The first-order chi connectivity index (χ1) is 8.02. The zero-order chi connectivity index (χ0) is 12.8. The van der Waals surface area contributed by atoms with Gasteiger partial charge in [0.1, 0.15) is 0 Å². The molecule has 0 bridgehead atoms. The maximum Gasteiger partial charge on any atom is 0.243 e. The Morgan fingerprint density at radius 1 is 1.35 bits per heavy atom. The fourth-order valence-corrected chi connectivity index (χ4v) is 1.35. The molecule has 0 fully saturated rings. The Morgan fingerprint density at radius 2 is 2.06 bits per heavy atom. The van der Waals surface area contributed by atoms with Crippen LogP contribution < -0.4 is 16.4 Å². The van der Waals surface area contributed by atoms with Crippen LogP contribution in [0.5, 0.6) is 0 Å². The van der Waals surface area contributed by atoms with E-state index in [1.165, 1.54) is 0 Å². The molecule has 0 aliphatic heterocycles. The van der Waals surface area contributed by atoms with Gasteiger partial charge in [-0.1, -0.05) is 17.7 Å².